The van der Waals surface area contributed by atoms with Gasteiger partial charge in [-0.25, -0.2) is 0 Å². The molecule has 0 radical (unpaired) electrons. The molecule has 0 amide bonds. The predicted octanol–water partition coefficient (Wildman–Crippen LogP) is 2.49. The maximum absolute atomic E-state index is 10.2. The lowest BCUT2D eigenvalue weighted by atomic mass is 9.84. The van der Waals surface area contributed by atoms with Crippen molar-refractivity contribution in [2.24, 2.45) is 5.73 Å². The first-order valence-corrected chi connectivity index (χ1v) is 5.56. The molecule has 4 heteroatoms. The Morgan fingerprint density at radius 1 is 1.29 bits per heavy atom. The molecule has 0 saturated heterocycles. The Kier molecular flexibility index (Phi) is 5.96. The van der Waals surface area contributed by atoms with E-state index in [1.807, 2.05) is 39.0 Å². The molecule has 4 N–H and O–H groups in total. The van der Waals surface area contributed by atoms with Crippen LogP contribution in [0.3, 0.4) is 0 Å². The lowest BCUT2D eigenvalue weighted by molar-refractivity contribution is 0.275. The fourth-order valence-corrected chi connectivity index (χ4v) is 1.76. The van der Waals surface area contributed by atoms with Gasteiger partial charge in [-0.15, -0.1) is 12.4 Å². The minimum atomic E-state index is -0.313. The van der Waals surface area contributed by atoms with Crippen molar-refractivity contribution in [3.8, 4) is 5.75 Å². The van der Waals surface area contributed by atoms with Gasteiger partial charge in [-0.3, -0.25) is 0 Å². The molecule has 1 aromatic rings. The second kappa shape index (κ2) is 6.24. The summed E-state index contributed by atoms with van der Waals surface area (Å²) in [7, 11) is 0. The monoisotopic (exact) mass is 259 g/mol. The quantitative estimate of drug-likeness (QED) is 0.781. The van der Waals surface area contributed by atoms with E-state index in [4.69, 9.17) is 10.8 Å². The molecule has 0 bridgehead atoms. The summed E-state index contributed by atoms with van der Waals surface area (Å²) in [6, 6.07) is 5.30. The van der Waals surface area contributed by atoms with Crippen LogP contribution in [0.5, 0.6) is 5.75 Å². The van der Waals surface area contributed by atoms with Crippen LogP contribution in [-0.4, -0.2) is 16.8 Å². The van der Waals surface area contributed by atoms with E-state index in [1.54, 1.807) is 0 Å². The van der Waals surface area contributed by atoms with Crippen molar-refractivity contribution < 1.29 is 10.2 Å². The number of rotatable bonds is 3. The topological polar surface area (TPSA) is 66.5 Å². The summed E-state index contributed by atoms with van der Waals surface area (Å²) in [5, 5.41) is 19.0. The summed E-state index contributed by atoms with van der Waals surface area (Å²) in [6.07, 6.45) is 0.459. The number of hydrogen-bond donors (Lipinski definition) is 3. The number of phenols is 1. The second-order valence-electron chi connectivity index (χ2n) is 5.11. The van der Waals surface area contributed by atoms with Gasteiger partial charge in [0.1, 0.15) is 5.75 Å². The Morgan fingerprint density at radius 2 is 1.88 bits per heavy atom. The third kappa shape index (κ3) is 3.87. The summed E-state index contributed by atoms with van der Waals surface area (Å²) in [4.78, 5) is 0. The molecule has 3 nitrogen and oxygen atoms in total. The fraction of sp³-hybridized carbons (Fsp3) is 0.538. The molecule has 98 valence electrons. The standard InChI is InChI=1S/C13H21NO2.ClH/c1-13(2,3)10-6-4-5-9(12(10)16)11(14)7-8-15;/h4-6,11,15-16H,7-8,14H2,1-3H3;1H. The number of aromatic hydroxyl groups is 1. The Labute approximate surface area is 109 Å². The number of hydrogen-bond acceptors (Lipinski definition) is 3. The number of benzene rings is 1. The van der Waals surface area contributed by atoms with Crippen molar-refractivity contribution >= 4 is 12.4 Å². The lowest BCUT2D eigenvalue weighted by Crippen LogP contribution is -2.16. The molecule has 1 rings (SSSR count). The molecule has 0 fully saturated rings. The van der Waals surface area contributed by atoms with Gasteiger partial charge in [-0.1, -0.05) is 39.0 Å². The van der Waals surface area contributed by atoms with Crippen LogP contribution in [0.1, 0.15) is 44.4 Å². The molecule has 1 aromatic carbocycles. The summed E-state index contributed by atoms with van der Waals surface area (Å²) in [5.41, 5.74) is 7.38. The molecule has 0 aliphatic heterocycles. The molecule has 17 heavy (non-hydrogen) atoms. The van der Waals surface area contributed by atoms with E-state index in [-0.39, 0.29) is 36.2 Å². The Balaban J connectivity index is 0.00000256. The molecule has 0 aliphatic rings. The first-order valence-electron chi connectivity index (χ1n) is 5.56. The molecule has 0 aromatic heterocycles. The van der Waals surface area contributed by atoms with Crippen LogP contribution in [0.25, 0.3) is 0 Å². The van der Waals surface area contributed by atoms with Crippen LogP contribution >= 0.6 is 12.4 Å². The molecule has 0 heterocycles. The van der Waals surface area contributed by atoms with Crippen LogP contribution in [-0.2, 0) is 5.41 Å². The predicted molar refractivity (Wildman–Crippen MR) is 72.7 cm³/mol. The van der Waals surface area contributed by atoms with Crippen LogP contribution < -0.4 is 5.73 Å². The van der Waals surface area contributed by atoms with Gasteiger partial charge in [0.2, 0.25) is 0 Å². The van der Waals surface area contributed by atoms with Gasteiger partial charge in [0, 0.05) is 18.2 Å². The van der Waals surface area contributed by atoms with Gasteiger partial charge in [0.15, 0.2) is 0 Å². The molecule has 1 atom stereocenters. The summed E-state index contributed by atoms with van der Waals surface area (Å²) >= 11 is 0. The van der Waals surface area contributed by atoms with Crippen molar-refractivity contribution in [2.45, 2.75) is 38.6 Å². The van der Waals surface area contributed by atoms with E-state index in [1.165, 1.54) is 0 Å². The van der Waals surface area contributed by atoms with Gasteiger partial charge in [-0.2, -0.15) is 0 Å². The molecule has 0 aliphatic carbocycles. The highest BCUT2D eigenvalue weighted by Crippen LogP contribution is 2.35. The lowest BCUT2D eigenvalue weighted by Gasteiger charge is -2.23. The van der Waals surface area contributed by atoms with Crippen molar-refractivity contribution in [2.75, 3.05) is 6.61 Å². The van der Waals surface area contributed by atoms with E-state index < -0.39 is 0 Å². The highest BCUT2D eigenvalue weighted by atomic mass is 35.5. The smallest absolute Gasteiger partial charge is 0.124 e. The van der Waals surface area contributed by atoms with Crippen LogP contribution in [0, 0.1) is 0 Å². The highest BCUT2D eigenvalue weighted by molar-refractivity contribution is 5.85. The summed E-state index contributed by atoms with van der Waals surface area (Å²) in [6.45, 7) is 6.16. The zero-order valence-electron chi connectivity index (χ0n) is 10.6. The third-order valence-corrected chi connectivity index (χ3v) is 2.71. The van der Waals surface area contributed by atoms with Crippen molar-refractivity contribution in [3.05, 3.63) is 29.3 Å². The largest absolute Gasteiger partial charge is 0.507 e. The maximum atomic E-state index is 10.2. The van der Waals surface area contributed by atoms with Gasteiger partial charge in [0.25, 0.3) is 0 Å². The van der Waals surface area contributed by atoms with E-state index in [2.05, 4.69) is 0 Å². The number of halogens is 1. The normalized spacial score (nSPS) is 13.0. The Morgan fingerprint density at radius 3 is 2.35 bits per heavy atom. The third-order valence-electron chi connectivity index (χ3n) is 2.71. The van der Waals surface area contributed by atoms with Gasteiger partial charge < -0.3 is 15.9 Å². The second-order valence-corrected chi connectivity index (χ2v) is 5.11. The molecule has 1 unspecified atom stereocenters. The van der Waals surface area contributed by atoms with Gasteiger partial charge in [0.05, 0.1) is 0 Å². The highest BCUT2D eigenvalue weighted by Gasteiger charge is 2.21. The average molecular weight is 260 g/mol. The van der Waals surface area contributed by atoms with Crippen LogP contribution in [0.15, 0.2) is 18.2 Å². The SMILES string of the molecule is CC(C)(C)c1cccc(C(N)CCO)c1O.Cl. The van der Waals surface area contributed by atoms with Gasteiger partial charge >= 0.3 is 0 Å². The summed E-state index contributed by atoms with van der Waals surface area (Å²) < 4.78 is 0. The minimum Gasteiger partial charge on any atom is -0.507 e. The van der Waals surface area contributed by atoms with E-state index in [0.717, 1.165) is 5.56 Å². The Hall–Kier alpha value is -0.770. The van der Waals surface area contributed by atoms with E-state index >= 15 is 0 Å². The molecular weight excluding hydrogens is 238 g/mol. The van der Waals surface area contributed by atoms with Gasteiger partial charge in [-0.05, 0) is 17.4 Å². The molecule has 0 saturated carbocycles. The number of phenolic OH excluding ortho intramolecular Hbond substituents is 1. The maximum Gasteiger partial charge on any atom is 0.124 e. The van der Waals surface area contributed by atoms with E-state index in [9.17, 15) is 5.11 Å². The summed E-state index contributed by atoms with van der Waals surface area (Å²) in [5.74, 6) is 0.260. The van der Waals surface area contributed by atoms with Crippen molar-refractivity contribution in [1.29, 1.82) is 0 Å². The van der Waals surface area contributed by atoms with Crippen molar-refractivity contribution in [1.82, 2.24) is 0 Å². The number of aliphatic hydroxyl groups is 1. The first-order chi connectivity index (χ1) is 7.38. The minimum absolute atomic E-state index is 0. The zero-order valence-corrected chi connectivity index (χ0v) is 11.4. The average Bonchev–Trinajstić information content (AvgIpc) is 2.16. The Bertz CT molecular complexity index is 361. The number of nitrogens with two attached hydrogens (primary N) is 1. The number of para-hydroxylation sites is 1. The van der Waals surface area contributed by atoms with E-state index in [0.29, 0.717) is 12.0 Å². The number of aliphatic hydroxyl groups excluding tert-OH is 1. The molecular formula is C13H22ClNO2. The van der Waals surface area contributed by atoms with Crippen molar-refractivity contribution in [3.63, 3.8) is 0 Å². The molecule has 0 spiro atoms. The zero-order chi connectivity index (χ0) is 12.3. The fourth-order valence-electron chi connectivity index (χ4n) is 1.76. The van der Waals surface area contributed by atoms with Crippen LogP contribution in [0.2, 0.25) is 0 Å². The van der Waals surface area contributed by atoms with Crippen LogP contribution in [0.4, 0.5) is 0 Å². The first kappa shape index (κ1) is 16.2.